The van der Waals surface area contributed by atoms with Crippen LogP contribution in [0.15, 0.2) is 65.6 Å². The Kier molecular flexibility index (Phi) is 4.38. The average Bonchev–Trinajstić information content (AvgIpc) is 2.62. The molecule has 0 aliphatic heterocycles. The monoisotopic (exact) mass is 334 g/mol. The van der Waals surface area contributed by atoms with E-state index in [1.54, 1.807) is 12.1 Å². The molecule has 0 radical (unpaired) electrons. The molecule has 4 N–H and O–H groups in total. The van der Waals surface area contributed by atoms with Crippen LogP contribution in [0.4, 0.5) is 5.69 Å². The first-order valence-electron chi connectivity index (χ1n) is 7.40. The van der Waals surface area contributed by atoms with E-state index < -0.39 is 17.4 Å². The topological polar surface area (TPSA) is 118 Å². The first-order chi connectivity index (χ1) is 12.0. The minimum atomic E-state index is -0.597. The Bertz CT molecular complexity index is 979. The van der Waals surface area contributed by atoms with Gasteiger partial charge in [-0.3, -0.25) is 14.4 Å². The summed E-state index contributed by atoms with van der Waals surface area (Å²) in [5, 5.41) is 2.57. The van der Waals surface area contributed by atoms with Crippen LogP contribution in [0.5, 0.6) is 0 Å². The van der Waals surface area contributed by atoms with Gasteiger partial charge in [0.05, 0.1) is 0 Å². The Balaban J connectivity index is 1.80. The van der Waals surface area contributed by atoms with Crippen LogP contribution >= 0.6 is 0 Å². The van der Waals surface area contributed by atoms with Gasteiger partial charge in [0.15, 0.2) is 0 Å². The van der Waals surface area contributed by atoms with Crippen LogP contribution in [0, 0.1) is 0 Å². The summed E-state index contributed by atoms with van der Waals surface area (Å²) in [5.74, 6) is -0.775. The van der Waals surface area contributed by atoms with Crippen LogP contribution in [-0.2, 0) is 0 Å². The number of rotatable bonds is 4. The van der Waals surface area contributed by atoms with Crippen LogP contribution in [0.25, 0.3) is 11.4 Å². The fourth-order valence-corrected chi connectivity index (χ4v) is 2.22. The molecule has 124 valence electrons. The van der Waals surface area contributed by atoms with Gasteiger partial charge in [-0.25, -0.2) is 4.98 Å². The number of anilines is 1. The molecule has 7 heteroatoms. The molecule has 0 bridgehead atoms. The maximum Gasteiger partial charge on any atom is 0.264 e. The maximum absolute atomic E-state index is 12.2. The second-order valence-corrected chi connectivity index (χ2v) is 5.24. The van der Waals surface area contributed by atoms with E-state index in [1.807, 2.05) is 18.2 Å². The van der Waals surface area contributed by atoms with Gasteiger partial charge >= 0.3 is 0 Å². The standard InChI is InChI=1S/C18H14N4O3/c19-15(23)11-6-8-13(9-7-11)21-17(24)14-10-20-16(22-18(14)25)12-4-2-1-3-5-12/h1-10H,(H2,19,23)(H,21,24)(H,20,22,25). The van der Waals surface area contributed by atoms with Gasteiger partial charge in [-0.15, -0.1) is 0 Å². The van der Waals surface area contributed by atoms with E-state index in [0.29, 0.717) is 17.1 Å². The van der Waals surface area contributed by atoms with Gasteiger partial charge in [0.2, 0.25) is 5.91 Å². The van der Waals surface area contributed by atoms with Crippen LogP contribution in [0.2, 0.25) is 0 Å². The van der Waals surface area contributed by atoms with Crippen LogP contribution in [0.3, 0.4) is 0 Å². The number of aromatic amines is 1. The summed E-state index contributed by atoms with van der Waals surface area (Å²) < 4.78 is 0. The predicted octanol–water partition coefficient (Wildman–Crippen LogP) is 1.79. The van der Waals surface area contributed by atoms with E-state index in [-0.39, 0.29) is 5.56 Å². The van der Waals surface area contributed by atoms with E-state index in [1.165, 1.54) is 30.5 Å². The summed E-state index contributed by atoms with van der Waals surface area (Å²) in [5.41, 5.74) is 6.00. The van der Waals surface area contributed by atoms with Crippen LogP contribution in [0.1, 0.15) is 20.7 Å². The van der Waals surface area contributed by atoms with Gasteiger partial charge < -0.3 is 16.0 Å². The number of benzene rings is 2. The number of nitrogens with two attached hydrogens (primary N) is 1. The maximum atomic E-state index is 12.2. The molecular weight excluding hydrogens is 320 g/mol. The van der Waals surface area contributed by atoms with Crippen molar-refractivity contribution >= 4 is 17.5 Å². The molecule has 3 rings (SSSR count). The van der Waals surface area contributed by atoms with Gasteiger partial charge in [0.1, 0.15) is 11.4 Å². The van der Waals surface area contributed by atoms with Crippen molar-refractivity contribution in [2.45, 2.75) is 0 Å². The average molecular weight is 334 g/mol. The van der Waals surface area contributed by atoms with Gasteiger partial charge in [-0.2, -0.15) is 0 Å². The highest BCUT2D eigenvalue weighted by atomic mass is 16.2. The third-order valence-electron chi connectivity index (χ3n) is 3.52. The molecule has 0 aliphatic carbocycles. The first kappa shape index (κ1) is 16.1. The van der Waals surface area contributed by atoms with Crippen molar-refractivity contribution in [3.63, 3.8) is 0 Å². The number of aromatic nitrogens is 2. The summed E-state index contributed by atoms with van der Waals surface area (Å²) in [6.45, 7) is 0. The number of hydrogen-bond donors (Lipinski definition) is 3. The molecular formula is C18H14N4O3. The summed E-state index contributed by atoms with van der Waals surface area (Å²) in [4.78, 5) is 42.2. The molecule has 7 nitrogen and oxygen atoms in total. The Morgan fingerprint density at radius 1 is 1.00 bits per heavy atom. The number of amides is 2. The number of nitrogens with one attached hydrogen (secondary N) is 2. The van der Waals surface area contributed by atoms with Gasteiger partial charge in [-0.05, 0) is 24.3 Å². The molecule has 0 unspecified atom stereocenters. The zero-order valence-electron chi connectivity index (χ0n) is 13.0. The fraction of sp³-hybridized carbons (Fsp3) is 0. The third kappa shape index (κ3) is 3.61. The SMILES string of the molecule is NC(=O)c1ccc(NC(=O)c2cnc(-c3ccccc3)[nH]c2=O)cc1. The van der Waals surface area contributed by atoms with Crippen molar-refractivity contribution in [2.24, 2.45) is 5.73 Å². The zero-order valence-corrected chi connectivity index (χ0v) is 13.0. The van der Waals surface area contributed by atoms with Crippen molar-refractivity contribution in [2.75, 3.05) is 5.32 Å². The highest BCUT2D eigenvalue weighted by Crippen LogP contribution is 2.13. The number of hydrogen-bond acceptors (Lipinski definition) is 4. The molecule has 0 atom stereocenters. The molecule has 0 aliphatic rings. The Morgan fingerprint density at radius 3 is 2.28 bits per heavy atom. The normalized spacial score (nSPS) is 10.2. The lowest BCUT2D eigenvalue weighted by Gasteiger charge is -2.06. The highest BCUT2D eigenvalue weighted by Gasteiger charge is 2.13. The number of primary amides is 1. The van der Waals surface area contributed by atoms with E-state index in [9.17, 15) is 14.4 Å². The molecule has 3 aromatic rings. The molecule has 1 heterocycles. The summed E-state index contributed by atoms with van der Waals surface area (Å²) in [7, 11) is 0. The molecule has 0 saturated heterocycles. The fourth-order valence-electron chi connectivity index (χ4n) is 2.22. The van der Waals surface area contributed by atoms with Gasteiger partial charge in [0, 0.05) is 23.0 Å². The number of nitrogens with zero attached hydrogens (tertiary/aromatic N) is 1. The molecule has 2 amide bonds. The predicted molar refractivity (Wildman–Crippen MR) is 93.2 cm³/mol. The lowest BCUT2D eigenvalue weighted by molar-refractivity contribution is 0.0998. The Morgan fingerprint density at radius 2 is 1.68 bits per heavy atom. The first-order valence-corrected chi connectivity index (χ1v) is 7.40. The minimum absolute atomic E-state index is 0.112. The van der Waals surface area contributed by atoms with Crippen molar-refractivity contribution in [1.82, 2.24) is 9.97 Å². The summed E-state index contributed by atoms with van der Waals surface area (Å²) >= 11 is 0. The number of H-pyrrole nitrogens is 1. The summed E-state index contributed by atoms with van der Waals surface area (Å²) in [6.07, 6.45) is 1.23. The van der Waals surface area contributed by atoms with E-state index >= 15 is 0 Å². The zero-order chi connectivity index (χ0) is 17.8. The van der Waals surface area contributed by atoms with Crippen molar-refractivity contribution in [3.8, 4) is 11.4 Å². The number of carbonyl (C=O) groups is 2. The van der Waals surface area contributed by atoms with Gasteiger partial charge in [0.25, 0.3) is 11.5 Å². The second kappa shape index (κ2) is 6.79. The third-order valence-corrected chi connectivity index (χ3v) is 3.52. The minimum Gasteiger partial charge on any atom is -0.366 e. The van der Waals surface area contributed by atoms with Crippen LogP contribution in [-0.4, -0.2) is 21.8 Å². The van der Waals surface area contributed by atoms with E-state index in [4.69, 9.17) is 5.73 Å². The largest absolute Gasteiger partial charge is 0.366 e. The van der Waals surface area contributed by atoms with Gasteiger partial charge in [-0.1, -0.05) is 30.3 Å². The quantitative estimate of drug-likeness (QED) is 0.674. The Labute approximate surface area is 142 Å². The molecule has 25 heavy (non-hydrogen) atoms. The number of carbonyl (C=O) groups excluding carboxylic acids is 2. The van der Waals surface area contributed by atoms with Crippen molar-refractivity contribution < 1.29 is 9.59 Å². The highest BCUT2D eigenvalue weighted by molar-refractivity contribution is 6.04. The molecule has 2 aromatic carbocycles. The molecule has 0 saturated carbocycles. The van der Waals surface area contributed by atoms with Crippen molar-refractivity contribution in [1.29, 1.82) is 0 Å². The Hall–Kier alpha value is -3.74. The van der Waals surface area contributed by atoms with E-state index in [0.717, 1.165) is 5.56 Å². The molecule has 0 fully saturated rings. The molecule has 1 aromatic heterocycles. The summed E-state index contributed by atoms with van der Waals surface area (Å²) in [6, 6.07) is 15.1. The molecule has 0 spiro atoms. The van der Waals surface area contributed by atoms with Crippen molar-refractivity contribution in [3.05, 3.63) is 82.3 Å². The lowest BCUT2D eigenvalue weighted by Crippen LogP contribution is -2.24. The van der Waals surface area contributed by atoms with E-state index in [2.05, 4.69) is 15.3 Å². The van der Waals surface area contributed by atoms with Crippen LogP contribution < -0.4 is 16.6 Å². The lowest BCUT2D eigenvalue weighted by atomic mass is 10.2. The smallest absolute Gasteiger partial charge is 0.264 e. The second-order valence-electron chi connectivity index (χ2n) is 5.24.